The molecule has 0 radical (unpaired) electrons. The molecule has 0 aliphatic heterocycles. The lowest BCUT2D eigenvalue weighted by atomic mass is 9.92. The highest BCUT2D eigenvalue weighted by molar-refractivity contribution is 6.47. The second kappa shape index (κ2) is 11.4. The van der Waals surface area contributed by atoms with Gasteiger partial charge in [0.05, 0.1) is 27.2 Å². The smallest absolute Gasteiger partial charge is 0.0732 e. The van der Waals surface area contributed by atoms with Crippen LogP contribution in [0.15, 0.2) is 125 Å². The average molecular weight is 654 g/mol. The molecule has 0 fully saturated rings. The summed E-state index contributed by atoms with van der Waals surface area (Å²) in [6.45, 7) is 1.97. The van der Waals surface area contributed by atoms with Crippen LogP contribution in [0.1, 0.15) is 34.7 Å². The minimum atomic E-state index is 0.286. The first-order valence-electron chi connectivity index (χ1n) is 14.9. The molecule has 8 heteroatoms. The maximum absolute atomic E-state index is 8.01. The average Bonchev–Trinajstić information content (AvgIpc) is 3.50. The van der Waals surface area contributed by atoms with E-state index < -0.39 is 0 Å². The van der Waals surface area contributed by atoms with E-state index in [2.05, 4.69) is 18.2 Å². The summed E-state index contributed by atoms with van der Waals surface area (Å²) < 4.78 is 0. The fourth-order valence-electron chi connectivity index (χ4n) is 6.41. The fraction of sp³-hybridized carbons (Fsp3) is 0.0256. The Hall–Kier alpha value is -5.56. The third-order valence-electron chi connectivity index (χ3n) is 8.70. The summed E-state index contributed by atoms with van der Waals surface area (Å²) in [5, 5.41) is 16.8. The highest BCUT2D eigenvalue weighted by Crippen LogP contribution is 2.50. The normalized spacial score (nSPS) is 15.7. The van der Waals surface area contributed by atoms with Crippen LogP contribution in [0.3, 0.4) is 0 Å². The minimum Gasteiger partial charge on any atom is -0.399 e. The van der Waals surface area contributed by atoms with Gasteiger partial charge in [0.15, 0.2) is 0 Å². The molecule has 0 atom stereocenters. The fourth-order valence-corrected chi connectivity index (χ4v) is 6.74. The molecule has 0 heterocycles. The lowest BCUT2D eigenvalue weighted by Crippen LogP contribution is -2.01. The van der Waals surface area contributed by atoms with Crippen LogP contribution in [0.5, 0.6) is 0 Å². The van der Waals surface area contributed by atoms with Gasteiger partial charge in [0.2, 0.25) is 0 Å². The summed E-state index contributed by atoms with van der Waals surface area (Å²) in [4.78, 5) is 0. The number of allylic oxidation sites excluding steroid dienone is 10. The highest BCUT2D eigenvalue weighted by Gasteiger charge is 2.30. The lowest BCUT2D eigenvalue weighted by Gasteiger charge is -2.12. The number of hydrogen-bond donors (Lipinski definition) is 6. The lowest BCUT2D eigenvalue weighted by molar-refractivity contribution is 1.42. The van der Waals surface area contributed by atoms with Gasteiger partial charge >= 0.3 is 0 Å². The molecular weight excluding hydrogens is 623 g/mol. The maximum atomic E-state index is 8.01. The number of rotatable bonds is 1. The minimum absolute atomic E-state index is 0.286. The van der Waals surface area contributed by atoms with E-state index in [-0.39, 0.29) is 5.71 Å². The number of nitrogens with two attached hydrogens (primary N) is 4. The Kier molecular flexibility index (Phi) is 7.27. The van der Waals surface area contributed by atoms with Crippen LogP contribution in [0.4, 0.5) is 22.7 Å². The van der Waals surface area contributed by atoms with Crippen molar-refractivity contribution in [2.45, 2.75) is 6.92 Å². The molecular formula is C39H30Cl2N6. The van der Waals surface area contributed by atoms with Crippen LogP contribution in [-0.2, 0) is 0 Å². The van der Waals surface area contributed by atoms with Crippen molar-refractivity contribution in [1.29, 1.82) is 10.8 Å². The van der Waals surface area contributed by atoms with Gasteiger partial charge < -0.3 is 28.3 Å². The van der Waals surface area contributed by atoms with E-state index in [1.165, 1.54) is 5.57 Å². The van der Waals surface area contributed by atoms with Crippen LogP contribution in [0.2, 0.25) is 5.02 Å². The summed E-state index contributed by atoms with van der Waals surface area (Å²) in [6.07, 6.45) is 9.53. The second-order valence-electron chi connectivity index (χ2n) is 11.8. The van der Waals surface area contributed by atoms with Gasteiger partial charge in [-0.1, -0.05) is 53.5 Å². The van der Waals surface area contributed by atoms with Gasteiger partial charge in [0, 0.05) is 17.1 Å². The second-order valence-corrected chi connectivity index (χ2v) is 12.6. The van der Waals surface area contributed by atoms with E-state index >= 15 is 0 Å². The summed E-state index contributed by atoms with van der Waals surface area (Å²) in [5.74, 6) is 0. The summed E-state index contributed by atoms with van der Waals surface area (Å²) in [7, 11) is 0. The number of fused-ring (bicyclic) bond motifs is 6. The van der Waals surface area contributed by atoms with Gasteiger partial charge in [-0.25, -0.2) is 0 Å². The number of hydrogen-bond acceptors (Lipinski definition) is 6. The molecule has 47 heavy (non-hydrogen) atoms. The Bertz CT molecular complexity index is 2230. The zero-order valence-electron chi connectivity index (χ0n) is 25.4. The van der Waals surface area contributed by atoms with Crippen LogP contribution in [0, 0.1) is 10.8 Å². The molecule has 4 aromatic carbocycles. The van der Waals surface area contributed by atoms with Gasteiger partial charge in [-0.05, 0) is 152 Å². The Morgan fingerprint density at radius 1 is 0.553 bits per heavy atom. The molecule has 0 bridgehead atoms. The third kappa shape index (κ3) is 5.18. The molecule has 4 aliphatic carbocycles. The molecule has 0 aromatic heterocycles. The van der Waals surface area contributed by atoms with E-state index in [0.717, 1.165) is 78.2 Å². The molecule has 6 nitrogen and oxygen atoms in total. The Labute approximate surface area is 282 Å². The quantitative estimate of drug-likeness (QED) is 0.100. The topological polar surface area (TPSA) is 152 Å². The van der Waals surface area contributed by atoms with E-state index in [0.29, 0.717) is 27.1 Å². The predicted octanol–water partition coefficient (Wildman–Crippen LogP) is 9.03. The van der Waals surface area contributed by atoms with Crippen molar-refractivity contribution in [2.75, 3.05) is 22.9 Å². The first kappa shape index (κ1) is 30.1. The van der Waals surface area contributed by atoms with Crippen molar-refractivity contribution >= 4 is 74.1 Å². The van der Waals surface area contributed by atoms with E-state index in [9.17, 15) is 0 Å². The summed E-state index contributed by atoms with van der Waals surface area (Å²) in [6, 6.07) is 23.4. The van der Waals surface area contributed by atoms with Gasteiger partial charge in [-0.3, -0.25) is 5.41 Å². The Balaban J connectivity index is 0.000000150. The van der Waals surface area contributed by atoms with Gasteiger partial charge in [-0.2, -0.15) is 0 Å². The Morgan fingerprint density at radius 2 is 1.17 bits per heavy atom. The maximum Gasteiger partial charge on any atom is 0.0732 e. The summed E-state index contributed by atoms with van der Waals surface area (Å²) >= 11 is 12.5. The molecule has 4 aromatic rings. The van der Waals surface area contributed by atoms with Crippen molar-refractivity contribution in [1.82, 2.24) is 0 Å². The zero-order valence-corrected chi connectivity index (χ0v) is 26.9. The van der Waals surface area contributed by atoms with Crippen molar-refractivity contribution in [3.8, 4) is 11.1 Å². The van der Waals surface area contributed by atoms with Crippen LogP contribution in [-0.4, -0.2) is 11.4 Å². The zero-order chi connectivity index (χ0) is 33.1. The number of nitrogen functional groups attached to an aromatic ring is 4. The standard InChI is InChI=1S/C20H17N3.C19H13Cl2N3/c1-11-8-12(2-7-19(11)23)20-15-5-3-13(21)9-17(15)18-10-14(22)4-6-16(18)20;20-15-5-13-11(7-17(15)23)12-8-18(24)16(21)6-14(12)19(13)9-1-3-10(22)4-2-9/h2-10,23H,21-22H2,1H3;1-8,23H,22,24H2. The molecule has 0 amide bonds. The van der Waals surface area contributed by atoms with Crippen molar-refractivity contribution < 1.29 is 0 Å². The molecule has 0 spiro atoms. The molecule has 0 saturated heterocycles. The highest BCUT2D eigenvalue weighted by atomic mass is 35.5. The van der Waals surface area contributed by atoms with Crippen LogP contribution >= 0.6 is 23.2 Å². The molecule has 4 aliphatic rings. The monoisotopic (exact) mass is 652 g/mol. The van der Waals surface area contributed by atoms with Crippen LogP contribution in [0.25, 0.3) is 27.8 Å². The molecule has 10 N–H and O–H groups in total. The first-order chi connectivity index (χ1) is 22.5. The van der Waals surface area contributed by atoms with E-state index in [1.807, 2.05) is 85.8 Å². The number of anilines is 4. The van der Waals surface area contributed by atoms with E-state index in [1.54, 1.807) is 6.08 Å². The number of benzene rings is 4. The van der Waals surface area contributed by atoms with Gasteiger partial charge in [0.25, 0.3) is 0 Å². The molecule has 8 rings (SSSR count). The van der Waals surface area contributed by atoms with Gasteiger partial charge in [0.1, 0.15) is 0 Å². The largest absolute Gasteiger partial charge is 0.399 e. The molecule has 0 saturated carbocycles. The van der Waals surface area contributed by atoms with Crippen molar-refractivity contribution in [2.24, 2.45) is 0 Å². The molecule has 0 unspecified atom stereocenters. The van der Waals surface area contributed by atoms with E-state index in [4.69, 9.17) is 57.0 Å². The Morgan fingerprint density at radius 3 is 1.79 bits per heavy atom. The third-order valence-corrected chi connectivity index (χ3v) is 9.34. The van der Waals surface area contributed by atoms with Gasteiger partial charge in [-0.15, -0.1) is 0 Å². The number of halogens is 2. The van der Waals surface area contributed by atoms with Crippen molar-refractivity contribution in [3.05, 3.63) is 158 Å². The van der Waals surface area contributed by atoms with Crippen LogP contribution < -0.4 is 22.9 Å². The number of nitrogens with one attached hydrogen (secondary N) is 2. The summed E-state index contributed by atoms with van der Waals surface area (Å²) in [5.41, 5.74) is 41.0. The molecule has 230 valence electrons. The predicted molar refractivity (Wildman–Crippen MR) is 200 cm³/mol. The first-order valence-corrected chi connectivity index (χ1v) is 15.6. The SMILES string of the molecule is CC1=CC(=C2c3ccc(N)cc3-c3cc(N)ccc32)C=CC1=N.N=C1C=C2C(=C(c3ccc(N)cc3)c3cc(Cl)c(N)cc32)C=C1Cl. The van der Waals surface area contributed by atoms with Crippen molar-refractivity contribution in [3.63, 3.8) is 0 Å².